The van der Waals surface area contributed by atoms with Crippen LogP contribution in [0.5, 0.6) is 5.75 Å². The second-order valence-electron chi connectivity index (χ2n) is 5.94. The molecule has 25 heavy (non-hydrogen) atoms. The summed E-state index contributed by atoms with van der Waals surface area (Å²) >= 11 is 0. The zero-order chi connectivity index (χ0) is 16.2. The van der Waals surface area contributed by atoms with Crippen LogP contribution in [0.25, 0.3) is 10.9 Å². The lowest BCUT2D eigenvalue weighted by atomic mass is 10.1. The van der Waals surface area contributed by atoms with Crippen LogP contribution in [0.3, 0.4) is 0 Å². The van der Waals surface area contributed by atoms with Crippen molar-refractivity contribution >= 4 is 39.3 Å². The first-order valence-electron chi connectivity index (χ1n) is 8.12. The van der Waals surface area contributed by atoms with Crippen LogP contribution >= 0.6 is 17.0 Å². The molecule has 0 spiro atoms. The van der Waals surface area contributed by atoms with Crippen molar-refractivity contribution in [3.05, 3.63) is 59.8 Å². The maximum Gasteiger partial charge on any atom is 0.117 e. The molecule has 1 aromatic heterocycles. The zero-order valence-corrected chi connectivity index (χ0v) is 16.3. The second-order valence-corrected chi connectivity index (χ2v) is 5.94. The number of anilines is 2. The van der Waals surface area contributed by atoms with Gasteiger partial charge in [0.05, 0.1) is 5.52 Å². The highest BCUT2D eigenvalue weighted by molar-refractivity contribution is 8.93. The van der Waals surface area contributed by atoms with Gasteiger partial charge in [0, 0.05) is 28.5 Å². The molecule has 0 unspecified atom stereocenters. The Balaban J connectivity index is 0.00000156. The van der Waals surface area contributed by atoms with E-state index in [2.05, 4.69) is 41.5 Å². The number of phenolic OH excluding ortho intramolecular Hbond substituents is 1. The van der Waals surface area contributed by atoms with Gasteiger partial charge in [0.25, 0.3) is 0 Å². The Hall–Kier alpha value is -2.11. The van der Waals surface area contributed by atoms with Gasteiger partial charge in [-0.3, -0.25) is 4.98 Å². The summed E-state index contributed by atoms with van der Waals surface area (Å²) in [6, 6.07) is 15.9. The molecule has 4 nitrogen and oxygen atoms in total. The van der Waals surface area contributed by atoms with Crippen LogP contribution in [0.15, 0.2) is 48.5 Å². The number of hydrogen-bond acceptors (Lipinski definition) is 3. The second kappa shape index (κ2) is 9.39. The van der Waals surface area contributed by atoms with E-state index in [1.165, 1.54) is 18.4 Å². The van der Waals surface area contributed by atoms with Gasteiger partial charge in [-0.2, -0.15) is 0 Å². The molecule has 0 fully saturated rings. The van der Waals surface area contributed by atoms with Gasteiger partial charge in [-0.1, -0.05) is 25.5 Å². The molecule has 4 N–H and O–H groups in total. The van der Waals surface area contributed by atoms with Crippen molar-refractivity contribution in [2.45, 2.75) is 33.1 Å². The molecule has 0 saturated carbocycles. The minimum Gasteiger partial charge on any atom is -0.508 e. The topological polar surface area (TPSA) is 76.7 Å². The normalized spacial score (nSPS) is 10.0. The van der Waals surface area contributed by atoms with E-state index in [0.717, 1.165) is 34.4 Å². The Morgan fingerprint density at radius 1 is 1.04 bits per heavy atom. The lowest BCUT2D eigenvalue weighted by Crippen LogP contribution is -1.95. The summed E-state index contributed by atoms with van der Waals surface area (Å²) in [4.78, 5) is 4.49. The molecule has 0 radical (unpaired) electrons. The molecule has 0 saturated heterocycles. The molecule has 134 valence electrons. The highest BCUT2D eigenvalue weighted by Crippen LogP contribution is 2.28. The maximum atomic E-state index is 9.64. The quantitative estimate of drug-likeness (QED) is 0.621. The molecular weight excluding hydrogens is 380 g/mol. The fourth-order valence-corrected chi connectivity index (χ4v) is 2.74. The lowest BCUT2D eigenvalue weighted by molar-refractivity contribution is 0.476. The van der Waals surface area contributed by atoms with Gasteiger partial charge < -0.3 is 15.9 Å². The van der Waals surface area contributed by atoms with Crippen molar-refractivity contribution < 1.29 is 10.6 Å². The summed E-state index contributed by atoms with van der Waals surface area (Å²) in [5.74, 6) is 0.238. The highest BCUT2D eigenvalue weighted by Gasteiger charge is 2.05. The monoisotopic (exact) mass is 404 g/mol. The van der Waals surface area contributed by atoms with Crippen molar-refractivity contribution in [3.63, 3.8) is 0 Å². The minimum absolute atomic E-state index is 0. The largest absolute Gasteiger partial charge is 0.508 e. The van der Waals surface area contributed by atoms with Gasteiger partial charge in [0.1, 0.15) is 5.75 Å². The van der Waals surface area contributed by atoms with E-state index in [4.69, 9.17) is 0 Å². The average molecular weight is 405 g/mol. The first-order valence-corrected chi connectivity index (χ1v) is 8.12. The lowest BCUT2D eigenvalue weighted by Gasteiger charge is -2.12. The number of unbranched alkanes of at least 4 members (excludes halogenated alkanes) is 1. The van der Waals surface area contributed by atoms with Crippen molar-refractivity contribution in [1.29, 1.82) is 0 Å². The highest BCUT2D eigenvalue weighted by atomic mass is 79.9. The smallest absolute Gasteiger partial charge is 0.117 e. The number of phenols is 1. The number of nitrogens with one attached hydrogen (secondary N) is 1. The van der Waals surface area contributed by atoms with E-state index >= 15 is 0 Å². The van der Waals surface area contributed by atoms with Crippen molar-refractivity contribution in [3.8, 4) is 5.75 Å². The molecule has 0 aliphatic rings. The number of fused-ring (bicyclic) bond motifs is 1. The third-order valence-electron chi connectivity index (χ3n) is 3.97. The van der Waals surface area contributed by atoms with Crippen molar-refractivity contribution in [1.82, 2.24) is 4.98 Å². The molecule has 0 amide bonds. The fourth-order valence-electron chi connectivity index (χ4n) is 2.74. The molecule has 3 rings (SSSR count). The first-order chi connectivity index (χ1) is 11.2. The van der Waals surface area contributed by atoms with E-state index in [-0.39, 0.29) is 28.2 Å². The number of hydrogen-bond donors (Lipinski definition) is 2. The van der Waals surface area contributed by atoms with E-state index in [1.54, 1.807) is 12.1 Å². The van der Waals surface area contributed by atoms with E-state index in [1.807, 2.05) is 19.1 Å². The standard InChI is InChI=1S/C20H22N2O.BrH.H2O/c1-3-4-5-15-6-8-16(9-7-15)22-19-12-14(2)21-20-13-17(23)10-11-18(19)20;;/h6-13,23H,3-5H2,1-2H3,(H,21,22);1H;1H2. The summed E-state index contributed by atoms with van der Waals surface area (Å²) in [7, 11) is 0. The van der Waals surface area contributed by atoms with Crippen LogP contribution in [-0.2, 0) is 6.42 Å². The molecule has 5 heteroatoms. The van der Waals surface area contributed by atoms with E-state index < -0.39 is 0 Å². The molecule has 3 aromatic rings. The van der Waals surface area contributed by atoms with Crippen LogP contribution in [-0.4, -0.2) is 15.6 Å². The number of aromatic hydroxyl groups is 1. The maximum absolute atomic E-state index is 9.64. The Labute approximate surface area is 159 Å². The number of rotatable bonds is 5. The summed E-state index contributed by atoms with van der Waals surface area (Å²) in [6.07, 6.45) is 3.58. The number of aromatic nitrogens is 1. The predicted octanol–water partition coefficient (Wildman–Crippen LogP) is 5.09. The Morgan fingerprint density at radius 3 is 2.44 bits per heavy atom. The zero-order valence-electron chi connectivity index (χ0n) is 14.5. The van der Waals surface area contributed by atoms with Gasteiger partial charge >= 0.3 is 0 Å². The van der Waals surface area contributed by atoms with Gasteiger partial charge in [-0.05, 0) is 55.7 Å². The molecule has 2 aromatic carbocycles. The molecule has 0 bridgehead atoms. The van der Waals surface area contributed by atoms with Gasteiger partial charge in [0.2, 0.25) is 0 Å². The Kier molecular flexibility index (Phi) is 7.87. The molecular formula is C20H25BrN2O2. The van der Waals surface area contributed by atoms with Crippen LogP contribution in [0, 0.1) is 6.92 Å². The van der Waals surface area contributed by atoms with Gasteiger partial charge in [0.15, 0.2) is 0 Å². The number of halogens is 1. The van der Waals surface area contributed by atoms with Crippen LogP contribution in [0.2, 0.25) is 0 Å². The molecule has 0 atom stereocenters. The Morgan fingerprint density at radius 2 is 1.76 bits per heavy atom. The summed E-state index contributed by atoms with van der Waals surface area (Å²) in [6.45, 7) is 4.17. The fraction of sp³-hybridized carbons (Fsp3) is 0.250. The number of aryl methyl sites for hydroxylation is 2. The van der Waals surface area contributed by atoms with Gasteiger partial charge in [-0.25, -0.2) is 0 Å². The molecule has 0 aliphatic carbocycles. The SMILES string of the molecule is Br.CCCCc1ccc(Nc2cc(C)nc3cc(O)ccc23)cc1.O. The average Bonchev–Trinajstić information content (AvgIpc) is 2.53. The Bertz CT molecular complexity index is 815. The van der Waals surface area contributed by atoms with Crippen LogP contribution in [0.4, 0.5) is 11.4 Å². The van der Waals surface area contributed by atoms with E-state index in [0.29, 0.717) is 0 Å². The molecule has 1 heterocycles. The van der Waals surface area contributed by atoms with E-state index in [9.17, 15) is 5.11 Å². The van der Waals surface area contributed by atoms with Crippen molar-refractivity contribution in [2.75, 3.05) is 5.32 Å². The van der Waals surface area contributed by atoms with Crippen LogP contribution in [0.1, 0.15) is 31.0 Å². The predicted molar refractivity (Wildman–Crippen MR) is 110 cm³/mol. The van der Waals surface area contributed by atoms with Crippen molar-refractivity contribution in [2.24, 2.45) is 0 Å². The third-order valence-corrected chi connectivity index (χ3v) is 3.97. The summed E-state index contributed by atoms with van der Waals surface area (Å²) < 4.78 is 0. The summed E-state index contributed by atoms with van der Waals surface area (Å²) in [5, 5.41) is 14.1. The van der Waals surface area contributed by atoms with Crippen LogP contribution < -0.4 is 5.32 Å². The number of nitrogens with zero attached hydrogens (tertiary/aromatic N) is 1. The number of pyridine rings is 1. The number of benzene rings is 2. The third kappa shape index (κ3) is 5.18. The first kappa shape index (κ1) is 20.9. The molecule has 0 aliphatic heterocycles. The summed E-state index contributed by atoms with van der Waals surface area (Å²) in [5.41, 5.74) is 5.16. The van der Waals surface area contributed by atoms with Gasteiger partial charge in [-0.15, -0.1) is 17.0 Å². The minimum atomic E-state index is 0.